The fraction of sp³-hybridized carbons (Fsp3) is 0.0741. The number of benzene rings is 3. The summed E-state index contributed by atoms with van der Waals surface area (Å²) in [6.07, 6.45) is 1.90. The number of aryl methyl sites for hydroxylation is 2. The summed E-state index contributed by atoms with van der Waals surface area (Å²) < 4.78 is 6.20. The number of furan rings is 1. The number of hydrogen-bond acceptors (Lipinski definition) is 2. The van der Waals surface area contributed by atoms with E-state index in [1.807, 2.05) is 18.3 Å². The van der Waals surface area contributed by atoms with Gasteiger partial charge >= 0.3 is 0 Å². The lowest BCUT2D eigenvalue weighted by atomic mass is 10.0. The van der Waals surface area contributed by atoms with Crippen LogP contribution in [-0.2, 0) is 0 Å². The van der Waals surface area contributed by atoms with Gasteiger partial charge in [-0.15, -0.1) is 0 Å². The molecule has 0 fully saturated rings. The van der Waals surface area contributed by atoms with Gasteiger partial charge in [-0.1, -0.05) is 65.7 Å². The fourth-order valence-corrected chi connectivity index (χ4v) is 3.84. The minimum atomic E-state index is 0.856. The SMILES string of the molecule is Cc1cc(C)cc(-c2cc3cnc(-c4cccc(-c5ccccc5)c4)cc3o2)c1. The average molecular weight is 375 g/mol. The zero-order valence-electron chi connectivity index (χ0n) is 16.5. The lowest BCUT2D eigenvalue weighted by Gasteiger charge is -2.05. The number of fused-ring (bicyclic) bond motifs is 1. The second-order valence-electron chi connectivity index (χ2n) is 7.54. The maximum Gasteiger partial charge on any atom is 0.138 e. The molecule has 0 unspecified atom stereocenters. The van der Waals surface area contributed by atoms with Gasteiger partial charge in [-0.25, -0.2) is 0 Å². The molecule has 0 saturated heterocycles. The summed E-state index contributed by atoms with van der Waals surface area (Å²) >= 11 is 0. The van der Waals surface area contributed by atoms with Crippen LogP contribution in [-0.4, -0.2) is 4.98 Å². The van der Waals surface area contributed by atoms with Crippen molar-refractivity contribution in [2.75, 3.05) is 0 Å². The highest BCUT2D eigenvalue weighted by Crippen LogP contribution is 2.32. The van der Waals surface area contributed by atoms with Crippen LogP contribution in [0.1, 0.15) is 11.1 Å². The Labute approximate surface area is 170 Å². The smallest absolute Gasteiger partial charge is 0.138 e. The van der Waals surface area contributed by atoms with Crippen LogP contribution < -0.4 is 0 Å². The average Bonchev–Trinajstić information content (AvgIpc) is 3.17. The maximum absolute atomic E-state index is 6.20. The standard InChI is InChI=1S/C27H21NO/c1-18-11-19(2)13-23(12-18)26-15-24-17-28-25(16-27(24)29-26)22-10-6-9-21(14-22)20-7-4-3-5-8-20/h3-17H,1-2H3. The molecular formula is C27H21NO. The Hall–Kier alpha value is -3.65. The molecule has 2 heterocycles. The monoisotopic (exact) mass is 375 g/mol. The molecule has 0 aliphatic rings. The van der Waals surface area contributed by atoms with E-state index in [1.165, 1.54) is 22.3 Å². The van der Waals surface area contributed by atoms with Crippen molar-refractivity contribution in [3.8, 4) is 33.7 Å². The number of pyridine rings is 1. The van der Waals surface area contributed by atoms with Crippen molar-refractivity contribution in [3.63, 3.8) is 0 Å². The van der Waals surface area contributed by atoms with Crippen molar-refractivity contribution in [2.24, 2.45) is 0 Å². The van der Waals surface area contributed by atoms with Gasteiger partial charge in [-0.05, 0) is 49.2 Å². The topological polar surface area (TPSA) is 26.0 Å². The van der Waals surface area contributed by atoms with Gasteiger partial charge in [0.15, 0.2) is 0 Å². The lowest BCUT2D eigenvalue weighted by Crippen LogP contribution is -1.84. The van der Waals surface area contributed by atoms with Gasteiger partial charge in [0.1, 0.15) is 11.3 Å². The van der Waals surface area contributed by atoms with Crippen LogP contribution >= 0.6 is 0 Å². The fourth-order valence-electron chi connectivity index (χ4n) is 3.84. The third-order valence-corrected chi connectivity index (χ3v) is 5.17. The van der Waals surface area contributed by atoms with Gasteiger partial charge in [0, 0.05) is 28.8 Å². The molecule has 140 valence electrons. The highest BCUT2D eigenvalue weighted by molar-refractivity contribution is 5.85. The molecule has 0 bridgehead atoms. The van der Waals surface area contributed by atoms with E-state index in [1.54, 1.807) is 0 Å². The molecule has 0 radical (unpaired) electrons. The summed E-state index contributed by atoms with van der Waals surface area (Å²) in [4.78, 5) is 4.69. The molecule has 29 heavy (non-hydrogen) atoms. The Kier molecular flexibility index (Phi) is 4.25. The quantitative estimate of drug-likeness (QED) is 0.327. The van der Waals surface area contributed by atoms with Gasteiger partial charge in [-0.3, -0.25) is 4.98 Å². The lowest BCUT2D eigenvalue weighted by molar-refractivity contribution is 0.631. The number of rotatable bonds is 3. The van der Waals surface area contributed by atoms with E-state index in [0.29, 0.717) is 0 Å². The first-order valence-corrected chi connectivity index (χ1v) is 9.80. The number of aromatic nitrogens is 1. The van der Waals surface area contributed by atoms with Crippen molar-refractivity contribution < 1.29 is 4.42 Å². The maximum atomic E-state index is 6.20. The van der Waals surface area contributed by atoms with Crippen LogP contribution in [0.2, 0.25) is 0 Å². The second-order valence-corrected chi connectivity index (χ2v) is 7.54. The molecule has 5 aromatic rings. The predicted molar refractivity (Wildman–Crippen MR) is 120 cm³/mol. The Balaban J connectivity index is 1.55. The molecule has 0 spiro atoms. The van der Waals surface area contributed by atoms with Crippen molar-refractivity contribution in [2.45, 2.75) is 13.8 Å². The molecule has 3 aromatic carbocycles. The minimum Gasteiger partial charge on any atom is -0.456 e. The number of hydrogen-bond donors (Lipinski definition) is 0. The van der Waals surface area contributed by atoms with Crippen LogP contribution in [0.5, 0.6) is 0 Å². The van der Waals surface area contributed by atoms with Crippen LogP contribution in [0.15, 0.2) is 95.5 Å². The zero-order chi connectivity index (χ0) is 19.8. The highest BCUT2D eigenvalue weighted by Gasteiger charge is 2.10. The molecule has 0 aliphatic carbocycles. The van der Waals surface area contributed by atoms with Crippen LogP contribution in [0.4, 0.5) is 0 Å². The van der Waals surface area contributed by atoms with E-state index in [4.69, 9.17) is 9.40 Å². The second kappa shape index (κ2) is 7.06. The van der Waals surface area contributed by atoms with E-state index in [0.717, 1.165) is 33.6 Å². The highest BCUT2D eigenvalue weighted by atomic mass is 16.3. The van der Waals surface area contributed by atoms with Gasteiger partial charge in [-0.2, -0.15) is 0 Å². The van der Waals surface area contributed by atoms with E-state index >= 15 is 0 Å². The van der Waals surface area contributed by atoms with Crippen molar-refractivity contribution in [3.05, 3.63) is 102 Å². The summed E-state index contributed by atoms with van der Waals surface area (Å²) in [6, 6.07) is 29.5. The summed E-state index contributed by atoms with van der Waals surface area (Å²) in [5.41, 5.74) is 8.80. The van der Waals surface area contributed by atoms with E-state index < -0.39 is 0 Å². The van der Waals surface area contributed by atoms with Crippen LogP contribution in [0.3, 0.4) is 0 Å². The van der Waals surface area contributed by atoms with Crippen molar-refractivity contribution >= 4 is 11.0 Å². The molecule has 2 nitrogen and oxygen atoms in total. The number of nitrogens with zero attached hydrogens (tertiary/aromatic N) is 1. The summed E-state index contributed by atoms with van der Waals surface area (Å²) in [7, 11) is 0. The first-order valence-electron chi connectivity index (χ1n) is 9.80. The van der Waals surface area contributed by atoms with Crippen molar-refractivity contribution in [1.29, 1.82) is 0 Å². The van der Waals surface area contributed by atoms with E-state index in [-0.39, 0.29) is 0 Å². The predicted octanol–water partition coefficient (Wildman–Crippen LogP) is 7.45. The van der Waals surface area contributed by atoms with Gasteiger partial charge in [0.2, 0.25) is 0 Å². The zero-order valence-corrected chi connectivity index (χ0v) is 16.5. The summed E-state index contributed by atoms with van der Waals surface area (Å²) in [5, 5.41) is 1.02. The molecule has 2 aromatic heterocycles. The normalized spacial score (nSPS) is 11.1. The van der Waals surface area contributed by atoms with E-state index in [2.05, 4.69) is 86.6 Å². The summed E-state index contributed by atoms with van der Waals surface area (Å²) in [5.74, 6) is 0.879. The largest absolute Gasteiger partial charge is 0.456 e. The Bertz CT molecular complexity index is 1290. The Morgan fingerprint density at radius 2 is 1.34 bits per heavy atom. The Morgan fingerprint density at radius 1 is 0.621 bits per heavy atom. The van der Waals surface area contributed by atoms with Crippen LogP contribution in [0, 0.1) is 13.8 Å². The first kappa shape index (κ1) is 17.4. The van der Waals surface area contributed by atoms with Gasteiger partial charge < -0.3 is 4.42 Å². The summed E-state index contributed by atoms with van der Waals surface area (Å²) in [6.45, 7) is 4.22. The molecule has 2 heteroatoms. The van der Waals surface area contributed by atoms with E-state index in [9.17, 15) is 0 Å². The Morgan fingerprint density at radius 3 is 2.14 bits per heavy atom. The van der Waals surface area contributed by atoms with Crippen LogP contribution in [0.25, 0.3) is 44.7 Å². The molecule has 0 aliphatic heterocycles. The van der Waals surface area contributed by atoms with Gasteiger partial charge in [0.25, 0.3) is 0 Å². The molecular weight excluding hydrogens is 354 g/mol. The molecule has 0 atom stereocenters. The van der Waals surface area contributed by atoms with Gasteiger partial charge in [0.05, 0.1) is 5.69 Å². The molecule has 5 rings (SSSR count). The first-order chi connectivity index (χ1) is 14.2. The third kappa shape index (κ3) is 3.45. The van der Waals surface area contributed by atoms with Crippen molar-refractivity contribution in [1.82, 2.24) is 4.98 Å². The molecule has 0 amide bonds. The molecule has 0 saturated carbocycles. The molecule has 0 N–H and O–H groups in total. The third-order valence-electron chi connectivity index (χ3n) is 5.17. The minimum absolute atomic E-state index is 0.856.